The summed E-state index contributed by atoms with van der Waals surface area (Å²) < 4.78 is 0. The van der Waals surface area contributed by atoms with Crippen LogP contribution in [0.5, 0.6) is 0 Å². The van der Waals surface area contributed by atoms with Crippen molar-refractivity contribution in [2.24, 2.45) is 11.5 Å². The van der Waals surface area contributed by atoms with Crippen LogP contribution in [-0.2, 0) is 4.79 Å². The molecule has 0 atom stereocenters. The van der Waals surface area contributed by atoms with Crippen LogP contribution in [0.2, 0.25) is 0 Å². The van der Waals surface area contributed by atoms with Gasteiger partial charge in [0.15, 0.2) is 0 Å². The van der Waals surface area contributed by atoms with Crippen LogP contribution in [0.3, 0.4) is 0 Å². The van der Waals surface area contributed by atoms with Crippen LogP contribution < -0.4 is 16.8 Å². The first-order valence-corrected chi connectivity index (χ1v) is 8.52. The number of unbranched alkanes of at least 4 members (excludes halogenated alkanes) is 10. The van der Waals surface area contributed by atoms with Gasteiger partial charge in [-0.3, -0.25) is 10.1 Å². The van der Waals surface area contributed by atoms with Crippen LogP contribution in [0.4, 0.5) is 0 Å². The van der Waals surface area contributed by atoms with Gasteiger partial charge in [0.2, 0.25) is 0 Å². The van der Waals surface area contributed by atoms with Gasteiger partial charge >= 0.3 is 35.5 Å². The number of aliphatic carboxylic acids is 1. The standard InChI is InChI=1S/C16H35N3O2.Na.H/c1-2-3-4-5-6-7-8-9-10-11-12-13-16(17,18)19-14-15(20)21;;/h19H,2-14,17-18H2,1H3,(H,20,21);;. The summed E-state index contributed by atoms with van der Waals surface area (Å²) in [6.07, 6.45) is 14.6. The number of carboxylic acids is 1. The third kappa shape index (κ3) is 18.4. The van der Waals surface area contributed by atoms with Gasteiger partial charge in [-0.25, -0.2) is 0 Å². The molecule has 0 aromatic rings. The minimum atomic E-state index is -1.06. The summed E-state index contributed by atoms with van der Waals surface area (Å²) in [5.74, 6) is -1.99. The van der Waals surface area contributed by atoms with Crippen molar-refractivity contribution in [3.63, 3.8) is 0 Å². The van der Waals surface area contributed by atoms with Gasteiger partial charge in [0, 0.05) is 0 Å². The molecule has 0 aliphatic carbocycles. The molecule has 0 bridgehead atoms. The number of nitrogens with one attached hydrogen (secondary N) is 1. The third-order valence-electron chi connectivity index (χ3n) is 3.76. The molecule has 0 radical (unpaired) electrons. The fourth-order valence-electron chi connectivity index (χ4n) is 2.41. The summed E-state index contributed by atoms with van der Waals surface area (Å²) in [7, 11) is 0. The van der Waals surface area contributed by atoms with Crippen LogP contribution in [0.25, 0.3) is 0 Å². The van der Waals surface area contributed by atoms with Gasteiger partial charge in [0.25, 0.3) is 0 Å². The zero-order valence-corrected chi connectivity index (χ0v) is 13.7. The molecular formula is C16H36N3NaO2. The van der Waals surface area contributed by atoms with E-state index < -0.39 is 11.8 Å². The molecule has 0 rings (SSSR count). The molecule has 0 heterocycles. The number of carbonyl (C=O) groups is 1. The predicted molar refractivity (Wildman–Crippen MR) is 95.0 cm³/mol. The third-order valence-corrected chi connectivity index (χ3v) is 3.76. The van der Waals surface area contributed by atoms with Crippen molar-refractivity contribution in [2.45, 2.75) is 89.8 Å². The summed E-state index contributed by atoms with van der Waals surface area (Å²) in [5, 5.41) is 11.2. The molecule has 0 amide bonds. The summed E-state index contributed by atoms with van der Waals surface area (Å²) >= 11 is 0. The molecular weight excluding hydrogens is 289 g/mol. The van der Waals surface area contributed by atoms with Gasteiger partial charge in [0.05, 0.1) is 6.54 Å². The maximum absolute atomic E-state index is 10.4. The van der Waals surface area contributed by atoms with Crippen molar-refractivity contribution < 1.29 is 9.90 Å². The molecule has 0 fully saturated rings. The second kappa shape index (κ2) is 16.2. The molecule has 6 N–H and O–H groups in total. The molecule has 0 saturated heterocycles. The van der Waals surface area contributed by atoms with E-state index in [0.29, 0.717) is 6.42 Å². The summed E-state index contributed by atoms with van der Waals surface area (Å²) in [5.41, 5.74) is 11.6. The average Bonchev–Trinajstić information content (AvgIpc) is 2.43. The molecule has 0 unspecified atom stereocenters. The quantitative estimate of drug-likeness (QED) is 0.210. The van der Waals surface area contributed by atoms with E-state index in [0.717, 1.165) is 12.8 Å². The number of nitrogens with two attached hydrogens (primary N) is 2. The van der Waals surface area contributed by atoms with E-state index in [2.05, 4.69) is 12.2 Å². The topological polar surface area (TPSA) is 101 Å². The van der Waals surface area contributed by atoms with Crippen LogP contribution in [0.1, 0.15) is 84.0 Å². The number of hydrogen-bond donors (Lipinski definition) is 4. The van der Waals surface area contributed by atoms with Gasteiger partial charge in [-0.2, -0.15) is 0 Å². The first-order chi connectivity index (χ1) is 9.98. The molecule has 0 aliphatic rings. The van der Waals surface area contributed by atoms with Gasteiger partial charge in [0.1, 0.15) is 5.79 Å². The molecule has 22 heavy (non-hydrogen) atoms. The van der Waals surface area contributed by atoms with Crippen LogP contribution >= 0.6 is 0 Å². The van der Waals surface area contributed by atoms with Crippen molar-refractivity contribution in [3.8, 4) is 0 Å². The molecule has 0 spiro atoms. The maximum atomic E-state index is 10.4. The molecule has 6 heteroatoms. The van der Waals surface area contributed by atoms with Gasteiger partial charge in [-0.1, -0.05) is 71.1 Å². The van der Waals surface area contributed by atoms with E-state index >= 15 is 0 Å². The van der Waals surface area contributed by atoms with E-state index in [-0.39, 0.29) is 36.1 Å². The summed E-state index contributed by atoms with van der Waals surface area (Å²) in [4.78, 5) is 10.4. The average molecular weight is 325 g/mol. The predicted octanol–water partition coefficient (Wildman–Crippen LogP) is 2.28. The molecule has 5 nitrogen and oxygen atoms in total. The number of rotatable bonds is 15. The van der Waals surface area contributed by atoms with E-state index in [1.54, 1.807) is 0 Å². The fourth-order valence-corrected chi connectivity index (χ4v) is 2.41. The first kappa shape index (κ1) is 24.6. The Morgan fingerprint density at radius 1 is 0.909 bits per heavy atom. The summed E-state index contributed by atoms with van der Waals surface area (Å²) in [6.45, 7) is 2.06. The van der Waals surface area contributed by atoms with Crippen LogP contribution in [0, 0.1) is 0 Å². The second-order valence-electron chi connectivity index (χ2n) is 6.07. The zero-order chi connectivity index (χ0) is 16.0. The second-order valence-corrected chi connectivity index (χ2v) is 6.07. The van der Waals surface area contributed by atoms with E-state index in [1.807, 2.05) is 0 Å². The first-order valence-electron chi connectivity index (χ1n) is 8.52. The van der Waals surface area contributed by atoms with E-state index in [4.69, 9.17) is 16.6 Å². The zero-order valence-electron chi connectivity index (χ0n) is 13.7. The van der Waals surface area contributed by atoms with Crippen molar-refractivity contribution in [2.75, 3.05) is 6.54 Å². The van der Waals surface area contributed by atoms with Gasteiger partial charge in [-0.15, -0.1) is 0 Å². The fraction of sp³-hybridized carbons (Fsp3) is 0.938. The van der Waals surface area contributed by atoms with Gasteiger partial charge < -0.3 is 16.6 Å². The Morgan fingerprint density at radius 2 is 1.32 bits per heavy atom. The van der Waals surface area contributed by atoms with Crippen LogP contribution in [0.15, 0.2) is 0 Å². The number of carboxylic acid groups (broad SMARTS) is 1. The Kier molecular flexibility index (Phi) is 18.1. The molecule has 0 aromatic heterocycles. The number of hydrogen-bond acceptors (Lipinski definition) is 4. The Bertz CT molecular complexity index is 264. The minimum absolute atomic E-state index is 0. The van der Waals surface area contributed by atoms with E-state index in [9.17, 15) is 4.79 Å². The molecule has 128 valence electrons. The van der Waals surface area contributed by atoms with Gasteiger partial charge in [-0.05, 0) is 12.8 Å². The normalized spacial score (nSPS) is 11.2. The Balaban J connectivity index is 0. The summed E-state index contributed by atoms with van der Waals surface area (Å²) in [6, 6.07) is 0. The van der Waals surface area contributed by atoms with Crippen molar-refractivity contribution >= 4 is 35.5 Å². The molecule has 0 aliphatic heterocycles. The van der Waals surface area contributed by atoms with Crippen LogP contribution in [-0.4, -0.2) is 53.0 Å². The monoisotopic (exact) mass is 325 g/mol. The molecule has 0 aromatic carbocycles. The van der Waals surface area contributed by atoms with Crippen molar-refractivity contribution in [1.82, 2.24) is 5.32 Å². The van der Waals surface area contributed by atoms with E-state index in [1.165, 1.54) is 57.8 Å². The Labute approximate surface area is 158 Å². The van der Waals surface area contributed by atoms with Crippen molar-refractivity contribution in [3.05, 3.63) is 0 Å². The SMILES string of the molecule is CCCCCCCCCCCCCC(N)(N)NCC(=O)O.[NaH]. The molecule has 0 saturated carbocycles. The Morgan fingerprint density at radius 3 is 1.73 bits per heavy atom. The Hall–Kier alpha value is 0.350. The van der Waals surface area contributed by atoms with Crippen molar-refractivity contribution in [1.29, 1.82) is 0 Å².